The first-order valence-corrected chi connectivity index (χ1v) is 7.88. The fourth-order valence-electron chi connectivity index (χ4n) is 3.59. The van der Waals surface area contributed by atoms with E-state index in [1.54, 1.807) is 7.11 Å². The molecule has 1 aromatic carbocycles. The van der Waals surface area contributed by atoms with Crippen LogP contribution in [0.4, 0.5) is 0 Å². The Morgan fingerprint density at radius 3 is 2.91 bits per heavy atom. The predicted molar refractivity (Wildman–Crippen MR) is 91.1 cm³/mol. The van der Waals surface area contributed by atoms with Crippen molar-refractivity contribution in [1.82, 2.24) is 4.90 Å². The Morgan fingerprint density at radius 2 is 2.22 bits per heavy atom. The van der Waals surface area contributed by atoms with E-state index in [4.69, 9.17) is 19.1 Å². The summed E-state index contributed by atoms with van der Waals surface area (Å²) in [5.41, 5.74) is 1.96. The number of methoxy groups -OCH3 is 2. The zero-order valence-corrected chi connectivity index (χ0v) is 13.8. The van der Waals surface area contributed by atoms with Crippen LogP contribution in [0.25, 0.3) is 0 Å². The van der Waals surface area contributed by atoms with Crippen LogP contribution in [0.3, 0.4) is 0 Å². The maximum atomic E-state index is 10.9. The molecule has 4 atom stereocenters. The summed E-state index contributed by atoms with van der Waals surface area (Å²) in [4.78, 5) is 1.90. The lowest BCUT2D eigenvalue weighted by atomic mass is 9.79. The largest absolute Gasteiger partial charge is 0.493 e. The number of benzene rings is 1. The van der Waals surface area contributed by atoms with Crippen LogP contribution in [0.5, 0.6) is 11.5 Å². The van der Waals surface area contributed by atoms with Crippen LogP contribution in [0.2, 0.25) is 0 Å². The third kappa shape index (κ3) is 3.20. The maximum absolute atomic E-state index is 10.9. The fourth-order valence-corrected chi connectivity index (χ4v) is 3.59. The first-order valence-electron chi connectivity index (χ1n) is 11.4. The van der Waals surface area contributed by atoms with Gasteiger partial charge >= 0.3 is 0 Å². The lowest BCUT2D eigenvalue weighted by Gasteiger charge is -2.46. The molecule has 0 saturated carbocycles. The summed E-state index contributed by atoms with van der Waals surface area (Å²) in [5.74, 6) is -3.57. The van der Waals surface area contributed by atoms with Crippen molar-refractivity contribution in [3.63, 3.8) is 0 Å². The maximum Gasteiger partial charge on any atom is 0.161 e. The lowest BCUT2D eigenvalue weighted by Crippen LogP contribution is -2.48. The summed E-state index contributed by atoms with van der Waals surface area (Å²) in [5, 5.41) is 10.9. The normalized spacial score (nSPS) is 38.9. The van der Waals surface area contributed by atoms with E-state index in [2.05, 4.69) is 0 Å². The number of aliphatic hydroxyl groups excluding tert-OH is 1. The van der Waals surface area contributed by atoms with E-state index in [0.717, 1.165) is 18.1 Å². The van der Waals surface area contributed by atoms with Gasteiger partial charge in [-0.25, -0.2) is 0 Å². The number of ether oxygens (including phenoxy) is 2. The second-order valence-electron chi connectivity index (χ2n) is 6.17. The molecule has 4 heteroatoms. The van der Waals surface area contributed by atoms with Crippen LogP contribution in [0.15, 0.2) is 12.1 Å². The third-order valence-electron chi connectivity index (χ3n) is 4.68. The van der Waals surface area contributed by atoms with E-state index < -0.39 is 31.1 Å². The number of rotatable bonds is 4. The van der Waals surface area contributed by atoms with Gasteiger partial charge in [-0.1, -0.05) is 13.8 Å². The van der Waals surface area contributed by atoms with Crippen LogP contribution in [-0.4, -0.2) is 43.4 Å². The molecule has 128 valence electrons. The van der Waals surface area contributed by atoms with E-state index in [1.165, 1.54) is 7.11 Å². The summed E-state index contributed by atoms with van der Waals surface area (Å²) in [6, 6.07) is 3.48. The van der Waals surface area contributed by atoms with Gasteiger partial charge in [0.2, 0.25) is 0 Å². The average Bonchev–Trinajstić information content (AvgIpc) is 2.66. The van der Waals surface area contributed by atoms with Gasteiger partial charge in [0.05, 0.1) is 20.3 Å². The molecule has 0 amide bonds. The highest BCUT2D eigenvalue weighted by molar-refractivity contribution is 5.49. The van der Waals surface area contributed by atoms with Gasteiger partial charge in [-0.2, -0.15) is 0 Å². The van der Waals surface area contributed by atoms with E-state index in [9.17, 15) is 5.11 Å². The van der Waals surface area contributed by atoms with E-state index >= 15 is 0 Å². The Morgan fingerprint density at radius 1 is 1.48 bits per heavy atom. The van der Waals surface area contributed by atoms with Gasteiger partial charge in [0, 0.05) is 28.7 Å². The molecule has 1 saturated heterocycles. The molecule has 1 aromatic rings. The van der Waals surface area contributed by atoms with E-state index in [0.29, 0.717) is 24.5 Å². The minimum absolute atomic E-state index is 0.0581. The van der Waals surface area contributed by atoms with E-state index in [-0.39, 0.29) is 19.0 Å². The molecule has 4 nitrogen and oxygen atoms in total. The van der Waals surface area contributed by atoms with Crippen LogP contribution in [0.1, 0.15) is 53.3 Å². The molecule has 1 N–H and O–H groups in total. The Bertz CT molecular complexity index is 814. The minimum atomic E-state index is -2.94. The molecule has 1 fully saturated rings. The quantitative estimate of drug-likeness (QED) is 0.923. The molecule has 1 unspecified atom stereocenters. The molecule has 2 aliphatic rings. The lowest BCUT2D eigenvalue weighted by molar-refractivity contribution is -0.0191. The predicted octanol–water partition coefficient (Wildman–Crippen LogP) is 3.03. The summed E-state index contributed by atoms with van der Waals surface area (Å²) in [6.07, 6.45) is -3.53. The van der Waals surface area contributed by atoms with Crippen LogP contribution < -0.4 is 9.47 Å². The Labute approximate surface area is 149 Å². The second kappa shape index (κ2) is 6.70. The Hall–Kier alpha value is -1.26. The number of piperidine rings is 1. The fraction of sp³-hybridized carbons (Fsp3) is 0.684. The number of hydrogen-bond acceptors (Lipinski definition) is 4. The standard InChI is InChI=1S/C19H29NO3/c1-12(2)7-14-11-20-6-5-13-8-18(22-3)19(23-4)9-15(13)16(20)10-17(14)21/h8-9,12,14,16-17,21H,5-7,10-11H2,1-4H3/t14-,16-,17+/m0/s1/i1D3,7D2,12D,14D/t12?,14-,16-,17+. The third-order valence-corrected chi connectivity index (χ3v) is 4.68. The number of fused-ring (bicyclic) bond motifs is 3. The van der Waals surface area contributed by atoms with Gasteiger partial charge in [0.1, 0.15) is 0 Å². The molecule has 0 bridgehead atoms. The molecule has 3 rings (SSSR count). The van der Waals surface area contributed by atoms with Crippen LogP contribution in [-0.2, 0) is 6.42 Å². The van der Waals surface area contributed by atoms with Crippen LogP contribution >= 0.6 is 0 Å². The van der Waals surface area contributed by atoms with Crippen molar-refractivity contribution in [2.45, 2.75) is 45.1 Å². The van der Waals surface area contributed by atoms with Crippen molar-refractivity contribution in [3.05, 3.63) is 23.3 Å². The molecule has 23 heavy (non-hydrogen) atoms. The Kier molecular flexibility index (Phi) is 2.88. The van der Waals surface area contributed by atoms with Crippen LogP contribution in [0, 0.1) is 11.8 Å². The first kappa shape index (κ1) is 9.90. The zero-order valence-electron chi connectivity index (χ0n) is 20.8. The molecule has 2 heterocycles. The van der Waals surface area contributed by atoms with Crippen molar-refractivity contribution in [3.8, 4) is 11.5 Å². The molecule has 0 aliphatic carbocycles. The molecule has 0 spiro atoms. The van der Waals surface area contributed by atoms with Crippen molar-refractivity contribution in [2.24, 2.45) is 11.8 Å². The topological polar surface area (TPSA) is 41.9 Å². The van der Waals surface area contributed by atoms with Crippen molar-refractivity contribution >= 4 is 0 Å². The van der Waals surface area contributed by atoms with Gasteiger partial charge in [-0.05, 0) is 54.3 Å². The smallest absolute Gasteiger partial charge is 0.161 e. The number of hydrogen-bond donors (Lipinski definition) is 1. The van der Waals surface area contributed by atoms with E-state index in [1.807, 2.05) is 17.0 Å². The summed E-state index contributed by atoms with van der Waals surface area (Å²) in [6.45, 7) is -1.61. The highest BCUT2D eigenvalue weighted by Crippen LogP contribution is 2.43. The highest BCUT2D eigenvalue weighted by atomic mass is 16.5. The molecule has 2 aliphatic heterocycles. The monoisotopic (exact) mass is 326 g/mol. The summed E-state index contributed by atoms with van der Waals surface area (Å²) >= 11 is 0. The van der Waals surface area contributed by atoms with Gasteiger partial charge in [0.15, 0.2) is 11.5 Å². The molecule has 0 aromatic heterocycles. The number of aliphatic hydroxyl groups is 1. The minimum Gasteiger partial charge on any atom is -0.493 e. The van der Waals surface area contributed by atoms with Gasteiger partial charge in [-0.3, -0.25) is 4.90 Å². The SMILES string of the molecule is [2H]C([2H])([2H])C([2H])(C)C([2H])([2H])[C@@]1([2H])CN2CCc3cc(OC)c(OC)cc3[C@@H]2C[C@H]1O. The van der Waals surface area contributed by atoms with Crippen molar-refractivity contribution in [1.29, 1.82) is 0 Å². The first-order chi connectivity index (χ1) is 13.7. The van der Waals surface area contributed by atoms with Gasteiger partial charge in [0.25, 0.3) is 0 Å². The summed E-state index contributed by atoms with van der Waals surface area (Å²) < 4.78 is 67.7. The summed E-state index contributed by atoms with van der Waals surface area (Å²) in [7, 11) is 3.09. The second-order valence-corrected chi connectivity index (χ2v) is 6.17. The molecule has 0 radical (unpaired) electrons. The number of nitrogens with zero attached hydrogens (tertiary/aromatic N) is 1. The Balaban J connectivity index is 1.99. The zero-order chi connectivity index (χ0) is 22.7. The van der Waals surface area contributed by atoms with Gasteiger partial charge in [-0.15, -0.1) is 0 Å². The van der Waals surface area contributed by atoms with Crippen molar-refractivity contribution in [2.75, 3.05) is 27.3 Å². The average molecular weight is 326 g/mol. The highest BCUT2D eigenvalue weighted by Gasteiger charge is 2.38. The van der Waals surface area contributed by atoms with Crippen molar-refractivity contribution < 1.29 is 24.2 Å². The molecular weight excluding hydrogens is 290 g/mol. The molecular formula is C19H29NO3. The van der Waals surface area contributed by atoms with Gasteiger partial charge < -0.3 is 14.6 Å².